The fourth-order valence-corrected chi connectivity index (χ4v) is 2.68. The second-order valence-corrected chi connectivity index (χ2v) is 6.11. The summed E-state index contributed by atoms with van der Waals surface area (Å²) in [4.78, 5) is 4.42. The van der Waals surface area contributed by atoms with Gasteiger partial charge in [0.2, 0.25) is 0 Å². The lowest BCUT2D eigenvalue weighted by Crippen LogP contribution is -2.33. The van der Waals surface area contributed by atoms with E-state index in [0.29, 0.717) is 25.7 Å². The number of benzene rings is 2. The Morgan fingerprint density at radius 3 is 2.52 bits per heavy atom. The summed E-state index contributed by atoms with van der Waals surface area (Å²) in [7, 11) is 3.26. The summed E-state index contributed by atoms with van der Waals surface area (Å²) in [6, 6.07) is 12.0. The molecule has 0 saturated heterocycles. The van der Waals surface area contributed by atoms with Crippen LogP contribution in [0.3, 0.4) is 0 Å². The quantitative estimate of drug-likeness (QED) is 0.523. The maximum Gasteiger partial charge on any atom is 0.188 e. The average molecular weight is 371 g/mol. The number of hydrogen-bond donors (Lipinski definition) is 2. The molecule has 0 heterocycles. The third kappa shape index (κ3) is 6.09. The maximum atomic E-state index is 5.99. The number of methoxy groups -OCH3 is 2. The van der Waals surface area contributed by atoms with E-state index in [1.807, 2.05) is 50.2 Å². The molecule has 6 nitrogen and oxygen atoms in total. The molecule has 0 aliphatic carbocycles. The van der Waals surface area contributed by atoms with Crippen LogP contribution in [0.25, 0.3) is 0 Å². The second kappa shape index (κ2) is 10.3. The Morgan fingerprint density at radius 1 is 1.04 bits per heavy atom. The van der Waals surface area contributed by atoms with Crippen LogP contribution in [0, 0.1) is 6.92 Å². The van der Waals surface area contributed by atoms with Gasteiger partial charge in [0.25, 0.3) is 0 Å². The fraction of sp³-hybridized carbons (Fsp3) is 0.381. The molecule has 0 aromatic heterocycles. The molecule has 146 valence electrons. The number of aliphatic imine (C=N–C) groups is 1. The van der Waals surface area contributed by atoms with Crippen LogP contribution in [0.2, 0.25) is 0 Å². The molecule has 6 heteroatoms. The lowest BCUT2D eigenvalue weighted by Gasteiger charge is -2.11. The molecule has 2 aromatic carbocycles. The van der Waals surface area contributed by atoms with E-state index in [2.05, 4.69) is 10.3 Å². The Hall–Kier alpha value is -2.89. The Labute approximate surface area is 161 Å². The molecule has 0 bridgehead atoms. The van der Waals surface area contributed by atoms with Crippen molar-refractivity contribution in [1.29, 1.82) is 0 Å². The molecular weight excluding hydrogens is 342 g/mol. The van der Waals surface area contributed by atoms with Crippen molar-refractivity contribution >= 4 is 5.96 Å². The summed E-state index contributed by atoms with van der Waals surface area (Å²) in [5, 5.41) is 3.15. The van der Waals surface area contributed by atoms with E-state index < -0.39 is 0 Å². The molecule has 0 radical (unpaired) electrons. The average Bonchev–Trinajstić information content (AvgIpc) is 2.67. The van der Waals surface area contributed by atoms with Gasteiger partial charge < -0.3 is 25.3 Å². The Kier molecular flexibility index (Phi) is 7.79. The van der Waals surface area contributed by atoms with Crippen LogP contribution >= 0.6 is 0 Å². The summed E-state index contributed by atoms with van der Waals surface area (Å²) in [5.74, 6) is 2.72. The maximum absolute atomic E-state index is 5.99. The first-order chi connectivity index (χ1) is 13.1. The van der Waals surface area contributed by atoms with Gasteiger partial charge in [-0.25, -0.2) is 4.99 Å². The first-order valence-electron chi connectivity index (χ1n) is 9.04. The van der Waals surface area contributed by atoms with Crippen molar-refractivity contribution in [2.24, 2.45) is 10.7 Å². The van der Waals surface area contributed by atoms with Gasteiger partial charge in [-0.3, -0.25) is 0 Å². The van der Waals surface area contributed by atoms with Gasteiger partial charge in [0, 0.05) is 12.1 Å². The normalized spacial score (nSPS) is 11.2. The van der Waals surface area contributed by atoms with Crippen LogP contribution in [0.15, 0.2) is 41.4 Å². The number of rotatable bonds is 9. The highest BCUT2D eigenvalue weighted by Gasteiger charge is 2.05. The van der Waals surface area contributed by atoms with Gasteiger partial charge >= 0.3 is 0 Å². The Bertz CT molecular complexity index is 775. The number of nitrogens with two attached hydrogens (primary N) is 1. The van der Waals surface area contributed by atoms with Gasteiger partial charge in [0.05, 0.1) is 27.4 Å². The number of aryl methyl sites for hydroxylation is 1. The molecule has 3 N–H and O–H groups in total. The van der Waals surface area contributed by atoms with Crippen LogP contribution in [-0.2, 0) is 13.0 Å². The summed E-state index contributed by atoms with van der Waals surface area (Å²) in [5.41, 5.74) is 9.30. The minimum Gasteiger partial charge on any atom is -0.494 e. The van der Waals surface area contributed by atoms with E-state index in [9.17, 15) is 0 Å². The standard InChI is InChI=1S/C21H29N3O3/c1-5-27-19-12-15(2)6-8-17(19)14-24-21(22)23-11-10-16-7-9-18(25-3)20(13-16)26-4/h6-9,12-13H,5,10-11,14H2,1-4H3,(H3,22,23,24). The topological polar surface area (TPSA) is 78.1 Å². The van der Waals surface area contributed by atoms with Crippen molar-refractivity contribution in [3.63, 3.8) is 0 Å². The number of guanidine groups is 1. The van der Waals surface area contributed by atoms with E-state index in [1.54, 1.807) is 14.2 Å². The van der Waals surface area contributed by atoms with Crippen molar-refractivity contribution in [2.75, 3.05) is 27.4 Å². The molecule has 2 aromatic rings. The molecule has 0 unspecified atom stereocenters. The zero-order valence-electron chi connectivity index (χ0n) is 16.5. The predicted octanol–water partition coefficient (Wildman–Crippen LogP) is 3.06. The van der Waals surface area contributed by atoms with Crippen LogP contribution in [0.4, 0.5) is 0 Å². The van der Waals surface area contributed by atoms with Crippen LogP contribution < -0.4 is 25.3 Å². The molecule has 0 aliphatic rings. The monoisotopic (exact) mass is 371 g/mol. The van der Waals surface area contributed by atoms with Crippen molar-refractivity contribution < 1.29 is 14.2 Å². The highest BCUT2D eigenvalue weighted by Crippen LogP contribution is 2.27. The molecule has 27 heavy (non-hydrogen) atoms. The minimum absolute atomic E-state index is 0.415. The van der Waals surface area contributed by atoms with Gasteiger partial charge in [0.15, 0.2) is 17.5 Å². The van der Waals surface area contributed by atoms with Gasteiger partial charge in [-0.05, 0) is 49.6 Å². The van der Waals surface area contributed by atoms with Gasteiger partial charge in [-0.2, -0.15) is 0 Å². The number of hydrogen-bond acceptors (Lipinski definition) is 4. The van der Waals surface area contributed by atoms with E-state index in [1.165, 1.54) is 0 Å². The summed E-state index contributed by atoms with van der Waals surface area (Å²) < 4.78 is 16.3. The lowest BCUT2D eigenvalue weighted by atomic mass is 10.1. The lowest BCUT2D eigenvalue weighted by molar-refractivity contribution is 0.336. The molecule has 0 amide bonds. The number of ether oxygens (including phenoxy) is 3. The molecular formula is C21H29N3O3. The zero-order valence-corrected chi connectivity index (χ0v) is 16.5. The van der Waals surface area contributed by atoms with E-state index in [-0.39, 0.29) is 0 Å². The summed E-state index contributed by atoms with van der Waals surface area (Å²) >= 11 is 0. The molecule has 0 aliphatic heterocycles. The van der Waals surface area contributed by atoms with Crippen LogP contribution in [0.1, 0.15) is 23.6 Å². The smallest absolute Gasteiger partial charge is 0.188 e. The van der Waals surface area contributed by atoms with Crippen molar-refractivity contribution in [2.45, 2.75) is 26.8 Å². The molecule has 0 fully saturated rings. The molecule has 0 saturated carbocycles. The van der Waals surface area contributed by atoms with E-state index in [4.69, 9.17) is 19.9 Å². The number of nitrogens with one attached hydrogen (secondary N) is 1. The molecule has 2 rings (SSSR count). The highest BCUT2D eigenvalue weighted by atomic mass is 16.5. The van der Waals surface area contributed by atoms with Crippen LogP contribution in [-0.4, -0.2) is 33.3 Å². The van der Waals surface area contributed by atoms with Gasteiger partial charge in [-0.1, -0.05) is 18.2 Å². The third-order valence-electron chi connectivity index (χ3n) is 4.11. The van der Waals surface area contributed by atoms with Crippen molar-refractivity contribution in [3.05, 3.63) is 53.1 Å². The molecule has 0 atom stereocenters. The SMILES string of the molecule is CCOc1cc(C)ccc1CN=C(N)NCCc1ccc(OC)c(OC)c1. The highest BCUT2D eigenvalue weighted by molar-refractivity contribution is 5.77. The number of nitrogens with zero attached hydrogens (tertiary/aromatic N) is 1. The third-order valence-corrected chi connectivity index (χ3v) is 4.11. The predicted molar refractivity (Wildman–Crippen MR) is 109 cm³/mol. The first kappa shape index (κ1) is 20.4. The van der Waals surface area contributed by atoms with Gasteiger partial charge in [-0.15, -0.1) is 0 Å². The van der Waals surface area contributed by atoms with Gasteiger partial charge in [0.1, 0.15) is 5.75 Å². The summed E-state index contributed by atoms with van der Waals surface area (Å²) in [6.45, 7) is 5.79. The van der Waals surface area contributed by atoms with Crippen molar-refractivity contribution in [3.8, 4) is 17.2 Å². The fourth-order valence-electron chi connectivity index (χ4n) is 2.68. The van der Waals surface area contributed by atoms with Crippen LogP contribution in [0.5, 0.6) is 17.2 Å². The minimum atomic E-state index is 0.415. The van der Waals surface area contributed by atoms with E-state index >= 15 is 0 Å². The van der Waals surface area contributed by atoms with Crippen molar-refractivity contribution in [1.82, 2.24) is 5.32 Å². The zero-order chi connectivity index (χ0) is 19.6. The summed E-state index contributed by atoms with van der Waals surface area (Å²) in [6.07, 6.45) is 0.797. The largest absolute Gasteiger partial charge is 0.494 e. The Morgan fingerprint density at radius 2 is 1.81 bits per heavy atom. The molecule has 0 spiro atoms. The Balaban J connectivity index is 1.90. The van der Waals surface area contributed by atoms with E-state index in [0.717, 1.165) is 40.4 Å². The first-order valence-corrected chi connectivity index (χ1v) is 9.04. The second-order valence-electron chi connectivity index (χ2n) is 6.11.